The van der Waals surface area contributed by atoms with Gasteiger partial charge in [-0.05, 0) is 35.1 Å². The van der Waals surface area contributed by atoms with Crippen LogP contribution in [-0.4, -0.2) is 38.6 Å². The van der Waals surface area contributed by atoms with Crippen LogP contribution < -0.4 is 19.9 Å². The number of carbonyl (C=O) groups excluding carboxylic acids is 1. The van der Waals surface area contributed by atoms with Gasteiger partial charge in [0, 0.05) is 30.8 Å². The van der Waals surface area contributed by atoms with E-state index in [0.717, 1.165) is 28.7 Å². The van der Waals surface area contributed by atoms with Crippen molar-refractivity contribution in [2.24, 2.45) is 5.14 Å². The summed E-state index contributed by atoms with van der Waals surface area (Å²) in [5.41, 5.74) is 4.31. The van der Waals surface area contributed by atoms with Gasteiger partial charge in [-0.15, -0.1) is 0 Å². The van der Waals surface area contributed by atoms with Crippen molar-refractivity contribution in [1.82, 2.24) is 14.8 Å². The number of carbonyl (C=O) groups is 1. The van der Waals surface area contributed by atoms with Gasteiger partial charge in [0.2, 0.25) is 11.8 Å². The number of hydrogen-bond acceptors (Lipinski definition) is 7. The van der Waals surface area contributed by atoms with Gasteiger partial charge in [-0.3, -0.25) is 4.79 Å². The van der Waals surface area contributed by atoms with Gasteiger partial charge >= 0.3 is 0 Å². The predicted octanol–water partition coefficient (Wildman–Crippen LogP) is 2.93. The van der Waals surface area contributed by atoms with Crippen molar-refractivity contribution in [3.8, 4) is 22.9 Å². The third kappa shape index (κ3) is 3.62. The van der Waals surface area contributed by atoms with Crippen LogP contribution in [0.25, 0.3) is 11.1 Å². The molecule has 0 saturated carbocycles. The summed E-state index contributed by atoms with van der Waals surface area (Å²) >= 11 is 0. The minimum atomic E-state index is -3.75. The second-order valence-electron chi connectivity index (χ2n) is 8.22. The van der Waals surface area contributed by atoms with E-state index in [1.54, 1.807) is 19.4 Å². The van der Waals surface area contributed by atoms with Crippen molar-refractivity contribution >= 4 is 21.5 Å². The van der Waals surface area contributed by atoms with Crippen LogP contribution in [0.4, 0.5) is 5.69 Å². The second kappa shape index (κ2) is 7.85. The number of nitrogens with one attached hydrogen (secondary N) is 2. The number of aryl methyl sites for hydroxylation is 1. The molecule has 10 nitrogen and oxygen atoms in total. The number of hydrogen-bond donors (Lipinski definition) is 3. The summed E-state index contributed by atoms with van der Waals surface area (Å²) in [6, 6.07) is 7.65. The topological polar surface area (TPSA) is 145 Å². The third-order valence-corrected chi connectivity index (χ3v) is 6.96. The molecule has 172 valence electrons. The number of methoxy groups -OCH3 is 1. The van der Waals surface area contributed by atoms with Gasteiger partial charge in [0.1, 0.15) is 9.92 Å². The molecule has 0 saturated heterocycles. The Bertz CT molecular complexity index is 1380. The number of ether oxygens (including phenoxy) is 2. The molecule has 33 heavy (non-hydrogen) atoms. The van der Waals surface area contributed by atoms with E-state index in [9.17, 15) is 9.00 Å². The molecule has 1 amide bonds. The molecule has 0 radical (unpaired) electrons. The molecule has 0 fully saturated rings. The molecule has 2 aliphatic rings. The number of pyridine rings is 1. The maximum Gasteiger partial charge on any atom is 0.277 e. The van der Waals surface area contributed by atoms with Gasteiger partial charge in [-0.1, -0.05) is 19.1 Å². The Kier molecular flexibility index (Phi) is 5.09. The van der Waals surface area contributed by atoms with Crippen LogP contribution in [0.2, 0.25) is 0 Å². The average molecular weight is 469 g/mol. The summed E-state index contributed by atoms with van der Waals surface area (Å²) < 4.78 is 32.8. The fraction of sp³-hybridized carbons (Fsp3) is 0.318. The Balaban J connectivity index is 1.62. The number of anilines is 1. The van der Waals surface area contributed by atoms with Gasteiger partial charge in [0.15, 0.2) is 10.6 Å². The first-order valence-corrected chi connectivity index (χ1v) is 12.2. The fourth-order valence-electron chi connectivity index (χ4n) is 4.47. The SMILES string of the molecule is COc1cc(-c2ccc3c(c2NC(=O)c2nn4c(c2S(=N)(N)=O)OCCC4)[C@@H](C)C3)ccn1. The van der Waals surface area contributed by atoms with Crippen molar-refractivity contribution in [3.63, 3.8) is 0 Å². The number of nitrogens with two attached hydrogens (primary N) is 1. The van der Waals surface area contributed by atoms with Crippen LogP contribution in [0, 0.1) is 4.78 Å². The van der Waals surface area contributed by atoms with Crippen molar-refractivity contribution in [3.05, 3.63) is 47.3 Å². The number of rotatable bonds is 5. The molecule has 11 heteroatoms. The normalized spacial score (nSPS) is 18.2. The zero-order valence-corrected chi connectivity index (χ0v) is 19.1. The van der Waals surface area contributed by atoms with E-state index < -0.39 is 15.8 Å². The van der Waals surface area contributed by atoms with Crippen LogP contribution in [0.15, 0.2) is 35.4 Å². The van der Waals surface area contributed by atoms with Gasteiger partial charge in [0.05, 0.1) is 19.4 Å². The molecular weight excluding hydrogens is 444 g/mol. The lowest BCUT2D eigenvalue weighted by Crippen LogP contribution is -2.23. The molecule has 1 unspecified atom stereocenters. The summed E-state index contributed by atoms with van der Waals surface area (Å²) in [6.07, 6.45) is 3.25. The molecule has 1 aliphatic carbocycles. The average Bonchev–Trinajstić information content (AvgIpc) is 3.18. The molecular formula is C22H24N6O4S. The minimum absolute atomic E-state index is 0.127. The largest absolute Gasteiger partial charge is 0.481 e. The second-order valence-corrected chi connectivity index (χ2v) is 9.83. The first kappa shape index (κ1) is 21.4. The summed E-state index contributed by atoms with van der Waals surface area (Å²) in [7, 11) is -2.20. The van der Waals surface area contributed by atoms with Crippen molar-refractivity contribution in [2.45, 2.75) is 37.1 Å². The maximum absolute atomic E-state index is 13.5. The first-order valence-electron chi connectivity index (χ1n) is 10.6. The first-order chi connectivity index (χ1) is 15.8. The van der Waals surface area contributed by atoms with Crippen LogP contribution in [0.5, 0.6) is 11.8 Å². The minimum Gasteiger partial charge on any atom is -0.481 e. The molecule has 4 N–H and O–H groups in total. The van der Waals surface area contributed by atoms with Crippen molar-refractivity contribution in [2.75, 3.05) is 19.0 Å². The lowest BCUT2D eigenvalue weighted by molar-refractivity contribution is 0.101. The number of amides is 1. The van der Waals surface area contributed by atoms with Crippen LogP contribution in [0.1, 0.15) is 40.9 Å². The van der Waals surface area contributed by atoms with Crippen molar-refractivity contribution in [1.29, 1.82) is 4.78 Å². The lowest BCUT2D eigenvalue weighted by atomic mass is 9.76. The standard InChI is InChI=1S/C22H24N6O4S/c1-12-10-14-4-5-15(13-6-7-25-16(11-13)31-2)18(17(12)14)26-21(29)19-20(33(23,24)30)22-28(27-19)8-3-9-32-22/h4-7,11-12H,3,8-10H2,1-2H3,(H,26,29)(H3,23,24,30)/t12-/m0/s1. The quantitative estimate of drug-likeness (QED) is 0.525. The zero-order valence-electron chi connectivity index (χ0n) is 18.3. The molecule has 3 aromatic rings. The molecule has 3 heterocycles. The highest BCUT2D eigenvalue weighted by molar-refractivity contribution is 7.90. The molecule has 2 atom stereocenters. The highest BCUT2D eigenvalue weighted by atomic mass is 32.2. The summed E-state index contributed by atoms with van der Waals surface area (Å²) in [5, 5.41) is 12.9. The molecule has 2 aromatic heterocycles. The zero-order chi connectivity index (χ0) is 23.3. The summed E-state index contributed by atoms with van der Waals surface area (Å²) in [6.45, 7) is 2.97. The highest BCUT2D eigenvalue weighted by Crippen LogP contribution is 2.45. The number of nitrogens with zero attached hydrogens (tertiary/aromatic N) is 3. The number of fused-ring (bicyclic) bond motifs is 2. The van der Waals surface area contributed by atoms with E-state index in [1.807, 2.05) is 12.1 Å². The van der Waals surface area contributed by atoms with Gasteiger partial charge in [0.25, 0.3) is 5.91 Å². The van der Waals surface area contributed by atoms with E-state index >= 15 is 0 Å². The Hall–Kier alpha value is -3.44. The Morgan fingerprint density at radius 2 is 2.21 bits per heavy atom. The van der Waals surface area contributed by atoms with Gasteiger partial charge in [-0.25, -0.2) is 23.8 Å². The van der Waals surface area contributed by atoms with Gasteiger partial charge < -0.3 is 14.8 Å². The molecule has 5 rings (SSSR count). The maximum atomic E-state index is 13.5. The Morgan fingerprint density at radius 3 is 2.94 bits per heavy atom. The molecule has 1 aromatic carbocycles. The van der Waals surface area contributed by atoms with E-state index in [0.29, 0.717) is 31.1 Å². The van der Waals surface area contributed by atoms with Crippen molar-refractivity contribution < 1.29 is 18.5 Å². The van der Waals surface area contributed by atoms with Crippen LogP contribution >= 0.6 is 0 Å². The number of benzene rings is 1. The third-order valence-electron chi connectivity index (χ3n) is 5.98. The van der Waals surface area contributed by atoms with Gasteiger partial charge in [-0.2, -0.15) is 5.10 Å². The van der Waals surface area contributed by atoms with E-state index in [1.165, 1.54) is 4.68 Å². The Labute approximate surface area is 191 Å². The smallest absolute Gasteiger partial charge is 0.277 e. The molecule has 1 aliphatic heterocycles. The van der Waals surface area contributed by atoms with E-state index in [4.69, 9.17) is 19.4 Å². The highest BCUT2D eigenvalue weighted by Gasteiger charge is 2.33. The van der Waals surface area contributed by atoms with E-state index in [2.05, 4.69) is 28.4 Å². The number of aromatic nitrogens is 3. The Morgan fingerprint density at radius 1 is 1.39 bits per heavy atom. The lowest BCUT2D eigenvalue weighted by Gasteiger charge is -2.31. The summed E-state index contributed by atoms with van der Waals surface area (Å²) in [4.78, 5) is 17.4. The fourth-order valence-corrected chi connectivity index (χ4v) is 5.31. The van der Waals surface area contributed by atoms with E-state index in [-0.39, 0.29) is 22.4 Å². The predicted molar refractivity (Wildman–Crippen MR) is 122 cm³/mol. The monoisotopic (exact) mass is 468 g/mol. The van der Waals surface area contributed by atoms with Crippen LogP contribution in [0.3, 0.4) is 0 Å². The molecule has 0 spiro atoms. The summed E-state index contributed by atoms with van der Waals surface area (Å²) in [5.74, 6) is 0.254. The molecule has 0 bridgehead atoms. The van der Waals surface area contributed by atoms with Crippen LogP contribution in [-0.2, 0) is 22.9 Å².